The van der Waals surface area contributed by atoms with Gasteiger partial charge < -0.3 is 20.2 Å². The van der Waals surface area contributed by atoms with Crippen LogP contribution in [0.2, 0.25) is 0 Å². The molecule has 2 amide bonds. The van der Waals surface area contributed by atoms with Crippen molar-refractivity contribution >= 4 is 11.8 Å². The Balaban J connectivity index is 1.50. The van der Waals surface area contributed by atoms with Crippen molar-refractivity contribution in [3.8, 4) is 0 Å². The zero-order chi connectivity index (χ0) is 19.4. The second-order valence-electron chi connectivity index (χ2n) is 7.84. The molecule has 0 radical (unpaired) electrons. The molecule has 0 unspecified atom stereocenters. The fourth-order valence-corrected chi connectivity index (χ4v) is 4.18. The highest BCUT2D eigenvalue weighted by molar-refractivity contribution is 5.81. The van der Waals surface area contributed by atoms with Crippen LogP contribution in [0.1, 0.15) is 30.9 Å². The SMILES string of the molecule is CCN1CCN(C(=O)[C@@H]2C[C@@H](O)[C@H](NC(=O)Cc3cccc(C)c3)C2)CC1. The topological polar surface area (TPSA) is 72.9 Å². The van der Waals surface area contributed by atoms with Gasteiger partial charge in [0.05, 0.1) is 18.6 Å². The lowest BCUT2D eigenvalue weighted by molar-refractivity contribution is -0.137. The van der Waals surface area contributed by atoms with Crippen molar-refractivity contribution in [3.05, 3.63) is 35.4 Å². The predicted octanol–water partition coefficient (Wildman–Crippen LogP) is 0.957. The molecule has 3 atom stereocenters. The van der Waals surface area contributed by atoms with E-state index >= 15 is 0 Å². The molecule has 2 aliphatic rings. The van der Waals surface area contributed by atoms with Gasteiger partial charge in [0.1, 0.15) is 0 Å². The van der Waals surface area contributed by atoms with Crippen LogP contribution in [0.15, 0.2) is 24.3 Å². The molecule has 2 fully saturated rings. The molecule has 1 saturated carbocycles. The maximum absolute atomic E-state index is 12.8. The largest absolute Gasteiger partial charge is 0.391 e. The molecule has 1 aromatic carbocycles. The number of nitrogens with one attached hydrogen (secondary N) is 1. The zero-order valence-corrected chi connectivity index (χ0v) is 16.4. The van der Waals surface area contributed by atoms with Gasteiger partial charge in [-0.25, -0.2) is 0 Å². The summed E-state index contributed by atoms with van der Waals surface area (Å²) in [6.45, 7) is 8.47. The van der Waals surface area contributed by atoms with E-state index in [0.29, 0.717) is 19.3 Å². The number of piperazine rings is 1. The van der Waals surface area contributed by atoms with E-state index in [1.165, 1.54) is 0 Å². The number of aryl methyl sites for hydroxylation is 1. The molecule has 2 N–H and O–H groups in total. The van der Waals surface area contributed by atoms with Gasteiger partial charge in [-0.2, -0.15) is 0 Å². The summed E-state index contributed by atoms with van der Waals surface area (Å²) in [5, 5.41) is 13.3. The number of rotatable bonds is 5. The smallest absolute Gasteiger partial charge is 0.225 e. The number of carbonyl (C=O) groups is 2. The summed E-state index contributed by atoms with van der Waals surface area (Å²) in [4.78, 5) is 29.4. The molecule has 0 aromatic heterocycles. The molecule has 148 valence electrons. The first-order valence-corrected chi connectivity index (χ1v) is 10.0. The highest BCUT2D eigenvalue weighted by Crippen LogP contribution is 2.28. The van der Waals surface area contributed by atoms with Crippen LogP contribution < -0.4 is 5.32 Å². The Morgan fingerprint density at radius 1 is 1.19 bits per heavy atom. The van der Waals surface area contributed by atoms with Gasteiger partial charge in [0.2, 0.25) is 11.8 Å². The number of amides is 2. The van der Waals surface area contributed by atoms with E-state index in [9.17, 15) is 14.7 Å². The van der Waals surface area contributed by atoms with Crippen LogP contribution in [-0.4, -0.2) is 71.6 Å². The minimum Gasteiger partial charge on any atom is -0.391 e. The molecule has 1 aliphatic carbocycles. The Labute approximate surface area is 161 Å². The molecule has 3 rings (SSSR count). The number of benzene rings is 1. The summed E-state index contributed by atoms with van der Waals surface area (Å²) in [5.41, 5.74) is 2.08. The third-order valence-electron chi connectivity index (χ3n) is 5.80. The third-order valence-corrected chi connectivity index (χ3v) is 5.80. The Morgan fingerprint density at radius 3 is 2.59 bits per heavy atom. The van der Waals surface area contributed by atoms with E-state index in [4.69, 9.17) is 0 Å². The average Bonchev–Trinajstić information content (AvgIpc) is 3.01. The Morgan fingerprint density at radius 2 is 1.93 bits per heavy atom. The molecule has 6 heteroatoms. The van der Waals surface area contributed by atoms with E-state index in [2.05, 4.69) is 17.1 Å². The second kappa shape index (κ2) is 8.85. The number of nitrogens with zero attached hydrogens (tertiary/aromatic N) is 2. The number of hydrogen-bond donors (Lipinski definition) is 2. The van der Waals surface area contributed by atoms with E-state index < -0.39 is 6.10 Å². The molecule has 1 aromatic rings. The maximum atomic E-state index is 12.8. The number of carbonyl (C=O) groups excluding carboxylic acids is 2. The molecule has 1 aliphatic heterocycles. The number of aliphatic hydroxyl groups is 1. The molecule has 0 spiro atoms. The standard InChI is InChI=1S/C21H31N3O3/c1-3-23-7-9-24(10-8-23)21(27)17-13-18(19(25)14-17)22-20(26)12-16-6-4-5-15(2)11-16/h4-6,11,17-19,25H,3,7-10,12-14H2,1-2H3,(H,22,26)/t17-,18+,19+/m0/s1. The van der Waals surface area contributed by atoms with Gasteiger partial charge in [-0.3, -0.25) is 9.59 Å². The minimum absolute atomic E-state index is 0.102. The highest BCUT2D eigenvalue weighted by Gasteiger charge is 2.39. The summed E-state index contributed by atoms with van der Waals surface area (Å²) in [7, 11) is 0. The fourth-order valence-electron chi connectivity index (χ4n) is 4.18. The molecular weight excluding hydrogens is 342 g/mol. The van der Waals surface area contributed by atoms with E-state index in [0.717, 1.165) is 43.9 Å². The van der Waals surface area contributed by atoms with Crippen LogP contribution in [0.4, 0.5) is 0 Å². The van der Waals surface area contributed by atoms with Crippen molar-refractivity contribution in [1.82, 2.24) is 15.1 Å². The summed E-state index contributed by atoms with van der Waals surface area (Å²) in [5.74, 6) is -0.174. The molecular formula is C21H31N3O3. The van der Waals surface area contributed by atoms with Gasteiger partial charge in [0.15, 0.2) is 0 Å². The third kappa shape index (κ3) is 5.08. The normalized spacial score (nSPS) is 26.2. The minimum atomic E-state index is -0.655. The molecule has 1 heterocycles. The maximum Gasteiger partial charge on any atom is 0.225 e. The number of hydrogen-bond acceptors (Lipinski definition) is 4. The molecule has 6 nitrogen and oxygen atoms in total. The molecule has 27 heavy (non-hydrogen) atoms. The molecule has 0 bridgehead atoms. The van der Waals surface area contributed by atoms with Crippen LogP contribution in [0.25, 0.3) is 0 Å². The van der Waals surface area contributed by atoms with Crippen LogP contribution in [0.5, 0.6) is 0 Å². The first-order chi connectivity index (χ1) is 13.0. The lowest BCUT2D eigenvalue weighted by atomic mass is 10.1. The quantitative estimate of drug-likeness (QED) is 0.806. The van der Waals surface area contributed by atoms with Crippen molar-refractivity contribution in [3.63, 3.8) is 0 Å². The van der Waals surface area contributed by atoms with Gasteiger partial charge in [0.25, 0.3) is 0 Å². The summed E-state index contributed by atoms with van der Waals surface area (Å²) in [6, 6.07) is 7.52. The first-order valence-electron chi connectivity index (χ1n) is 10.0. The van der Waals surface area contributed by atoms with Crippen LogP contribution in [0, 0.1) is 12.8 Å². The lowest BCUT2D eigenvalue weighted by Gasteiger charge is -2.35. The van der Waals surface area contributed by atoms with Crippen molar-refractivity contribution in [2.75, 3.05) is 32.7 Å². The van der Waals surface area contributed by atoms with Gasteiger partial charge in [-0.1, -0.05) is 36.8 Å². The summed E-state index contributed by atoms with van der Waals surface area (Å²) in [6.07, 6.45) is 0.593. The van der Waals surface area contributed by atoms with Crippen LogP contribution in [0.3, 0.4) is 0 Å². The van der Waals surface area contributed by atoms with Crippen molar-refractivity contribution < 1.29 is 14.7 Å². The van der Waals surface area contributed by atoms with Crippen molar-refractivity contribution in [2.45, 2.75) is 45.3 Å². The van der Waals surface area contributed by atoms with Crippen molar-refractivity contribution in [1.29, 1.82) is 0 Å². The number of aliphatic hydroxyl groups excluding tert-OH is 1. The van der Waals surface area contributed by atoms with Gasteiger partial charge in [-0.05, 0) is 31.9 Å². The average molecular weight is 373 g/mol. The monoisotopic (exact) mass is 373 g/mol. The zero-order valence-electron chi connectivity index (χ0n) is 16.4. The van der Waals surface area contributed by atoms with E-state index in [-0.39, 0.29) is 23.8 Å². The van der Waals surface area contributed by atoms with E-state index in [1.807, 2.05) is 36.1 Å². The Hall–Kier alpha value is -1.92. The summed E-state index contributed by atoms with van der Waals surface area (Å²) < 4.78 is 0. The van der Waals surface area contributed by atoms with E-state index in [1.54, 1.807) is 0 Å². The van der Waals surface area contributed by atoms with Gasteiger partial charge in [0, 0.05) is 32.1 Å². The molecule has 1 saturated heterocycles. The first kappa shape index (κ1) is 19.8. The Kier molecular flexibility index (Phi) is 6.50. The number of likely N-dealkylation sites (N-methyl/N-ethyl adjacent to an activating group) is 1. The van der Waals surface area contributed by atoms with Crippen LogP contribution >= 0.6 is 0 Å². The van der Waals surface area contributed by atoms with Crippen LogP contribution in [-0.2, 0) is 16.0 Å². The second-order valence-corrected chi connectivity index (χ2v) is 7.84. The van der Waals surface area contributed by atoms with Crippen molar-refractivity contribution in [2.24, 2.45) is 5.92 Å². The van der Waals surface area contributed by atoms with Gasteiger partial charge >= 0.3 is 0 Å². The Bertz CT molecular complexity index is 670. The predicted molar refractivity (Wildman–Crippen MR) is 104 cm³/mol. The fraction of sp³-hybridized carbons (Fsp3) is 0.619. The van der Waals surface area contributed by atoms with Gasteiger partial charge in [-0.15, -0.1) is 0 Å². The summed E-state index contributed by atoms with van der Waals surface area (Å²) >= 11 is 0. The lowest BCUT2D eigenvalue weighted by Crippen LogP contribution is -2.50. The highest BCUT2D eigenvalue weighted by atomic mass is 16.3.